The highest BCUT2D eigenvalue weighted by molar-refractivity contribution is 5.98. The second-order valence-corrected chi connectivity index (χ2v) is 5.67. The lowest BCUT2D eigenvalue weighted by Crippen LogP contribution is -2.40. The fraction of sp³-hybridized carbons (Fsp3) is 0.588. The maximum Gasteiger partial charge on any atom is 0.177 e. The Morgan fingerprint density at radius 3 is 2.60 bits per heavy atom. The number of rotatable bonds is 5. The zero-order valence-electron chi connectivity index (χ0n) is 12.8. The van der Waals surface area contributed by atoms with Crippen LogP contribution in [0.5, 0.6) is 0 Å². The van der Waals surface area contributed by atoms with Crippen molar-refractivity contribution in [2.75, 3.05) is 26.2 Å². The molecule has 0 bridgehead atoms. The molecule has 0 spiro atoms. The number of carbonyl (C=O) groups is 1. The minimum absolute atomic E-state index is 0.234. The highest BCUT2D eigenvalue weighted by atomic mass is 16.5. The van der Waals surface area contributed by atoms with Crippen LogP contribution >= 0.6 is 0 Å². The monoisotopic (exact) mass is 275 g/mol. The van der Waals surface area contributed by atoms with Crippen LogP contribution in [0.3, 0.4) is 0 Å². The number of piperidine rings is 1. The molecule has 20 heavy (non-hydrogen) atoms. The highest BCUT2D eigenvalue weighted by Gasteiger charge is 2.21. The van der Waals surface area contributed by atoms with E-state index in [1.807, 2.05) is 26.0 Å². The van der Waals surface area contributed by atoms with E-state index >= 15 is 0 Å². The Kier molecular flexibility index (Phi) is 5.32. The standard InChI is InChI=1S/C17H25NO2/c1-4-20-15-7-9-18(10-8-15)12-17(19)16-6-5-13(2)11-14(16)3/h5-6,11,15H,4,7-10,12H2,1-3H3. The van der Waals surface area contributed by atoms with Crippen molar-refractivity contribution in [3.63, 3.8) is 0 Å². The van der Waals surface area contributed by atoms with Gasteiger partial charge >= 0.3 is 0 Å². The topological polar surface area (TPSA) is 29.5 Å². The van der Waals surface area contributed by atoms with Crippen LogP contribution in [0.2, 0.25) is 0 Å². The quantitative estimate of drug-likeness (QED) is 0.774. The van der Waals surface area contributed by atoms with Crippen molar-refractivity contribution in [2.24, 2.45) is 0 Å². The molecule has 1 aromatic rings. The van der Waals surface area contributed by atoms with Gasteiger partial charge in [0.25, 0.3) is 0 Å². The van der Waals surface area contributed by atoms with E-state index in [4.69, 9.17) is 4.74 Å². The van der Waals surface area contributed by atoms with Crippen LogP contribution in [-0.2, 0) is 4.74 Å². The van der Waals surface area contributed by atoms with Gasteiger partial charge < -0.3 is 4.74 Å². The third-order valence-corrected chi connectivity index (χ3v) is 3.99. The van der Waals surface area contributed by atoms with Gasteiger partial charge in [-0.05, 0) is 39.2 Å². The summed E-state index contributed by atoms with van der Waals surface area (Å²) in [4.78, 5) is 14.6. The molecule has 0 amide bonds. The SMILES string of the molecule is CCOC1CCN(CC(=O)c2ccc(C)cc2C)CC1. The first-order chi connectivity index (χ1) is 9.60. The third-order valence-electron chi connectivity index (χ3n) is 3.99. The molecule has 3 heteroatoms. The van der Waals surface area contributed by atoms with Crippen LogP contribution in [0, 0.1) is 13.8 Å². The van der Waals surface area contributed by atoms with Gasteiger partial charge in [0, 0.05) is 25.3 Å². The van der Waals surface area contributed by atoms with Crippen molar-refractivity contribution in [1.29, 1.82) is 0 Å². The van der Waals surface area contributed by atoms with E-state index in [0.717, 1.165) is 43.7 Å². The summed E-state index contributed by atoms with van der Waals surface area (Å²) >= 11 is 0. The van der Waals surface area contributed by atoms with Gasteiger partial charge in [0.05, 0.1) is 12.6 Å². The van der Waals surface area contributed by atoms with Crippen LogP contribution in [-0.4, -0.2) is 43.0 Å². The summed E-state index contributed by atoms with van der Waals surface area (Å²) in [5, 5.41) is 0. The molecule has 1 aliphatic rings. The van der Waals surface area contributed by atoms with Crippen LogP contribution in [0.25, 0.3) is 0 Å². The lowest BCUT2D eigenvalue weighted by Gasteiger charge is -2.31. The Bertz CT molecular complexity index is 462. The van der Waals surface area contributed by atoms with Crippen molar-refractivity contribution in [2.45, 2.75) is 39.7 Å². The molecular weight excluding hydrogens is 250 g/mol. The average Bonchev–Trinajstić information content (AvgIpc) is 2.41. The molecule has 0 N–H and O–H groups in total. The summed E-state index contributed by atoms with van der Waals surface area (Å²) in [5.41, 5.74) is 3.15. The molecule has 3 nitrogen and oxygen atoms in total. The van der Waals surface area contributed by atoms with E-state index in [1.54, 1.807) is 0 Å². The summed E-state index contributed by atoms with van der Waals surface area (Å²) < 4.78 is 5.64. The van der Waals surface area contributed by atoms with Gasteiger partial charge in [-0.25, -0.2) is 0 Å². The molecule has 110 valence electrons. The van der Waals surface area contributed by atoms with E-state index < -0.39 is 0 Å². The van der Waals surface area contributed by atoms with Gasteiger partial charge in [-0.15, -0.1) is 0 Å². The Balaban J connectivity index is 1.89. The molecule has 0 radical (unpaired) electrons. The zero-order valence-corrected chi connectivity index (χ0v) is 12.8. The molecule has 0 unspecified atom stereocenters. The van der Waals surface area contributed by atoms with Gasteiger partial charge in [-0.1, -0.05) is 23.8 Å². The molecule has 2 rings (SSSR count). The first-order valence-corrected chi connectivity index (χ1v) is 7.54. The number of ether oxygens (including phenoxy) is 1. The predicted octanol–water partition coefficient (Wildman–Crippen LogP) is 2.99. The fourth-order valence-electron chi connectivity index (χ4n) is 2.88. The van der Waals surface area contributed by atoms with Crippen molar-refractivity contribution in [3.8, 4) is 0 Å². The molecule has 1 fully saturated rings. The molecule has 0 saturated carbocycles. The molecule has 0 aliphatic carbocycles. The highest BCUT2D eigenvalue weighted by Crippen LogP contribution is 2.16. The molecule has 0 atom stereocenters. The first-order valence-electron chi connectivity index (χ1n) is 7.54. The lowest BCUT2D eigenvalue weighted by molar-refractivity contribution is 0.0147. The Morgan fingerprint density at radius 1 is 1.30 bits per heavy atom. The summed E-state index contributed by atoms with van der Waals surface area (Å²) in [6.45, 7) is 9.34. The molecule has 1 heterocycles. The number of benzene rings is 1. The molecule has 0 aromatic heterocycles. The minimum Gasteiger partial charge on any atom is -0.378 e. The summed E-state index contributed by atoms with van der Waals surface area (Å²) in [6.07, 6.45) is 2.45. The maximum atomic E-state index is 12.4. The molecule has 1 aliphatic heterocycles. The molecule has 1 aromatic carbocycles. The largest absolute Gasteiger partial charge is 0.378 e. The van der Waals surface area contributed by atoms with Crippen molar-refractivity contribution < 1.29 is 9.53 Å². The fourth-order valence-corrected chi connectivity index (χ4v) is 2.88. The number of carbonyl (C=O) groups excluding carboxylic acids is 1. The first kappa shape index (κ1) is 15.2. The second kappa shape index (κ2) is 7.00. The zero-order chi connectivity index (χ0) is 14.5. The van der Waals surface area contributed by atoms with Gasteiger partial charge in [0.15, 0.2) is 5.78 Å². The lowest BCUT2D eigenvalue weighted by atomic mass is 10.0. The van der Waals surface area contributed by atoms with Crippen LogP contribution < -0.4 is 0 Å². The van der Waals surface area contributed by atoms with E-state index in [2.05, 4.69) is 17.9 Å². The number of nitrogens with zero attached hydrogens (tertiary/aromatic N) is 1. The second-order valence-electron chi connectivity index (χ2n) is 5.67. The van der Waals surface area contributed by atoms with Crippen LogP contribution in [0.1, 0.15) is 41.3 Å². The number of hydrogen-bond acceptors (Lipinski definition) is 3. The van der Waals surface area contributed by atoms with E-state index in [9.17, 15) is 4.79 Å². The Labute approximate surface area is 121 Å². The number of Topliss-reactive ketones (excluding diaryl/α,β-unsaturated/α-hetero) is 1. The Hall–Kier alpha value is -1.19. The minimum atomic E-state index is 0.234. The number of hydrogen-bond donors (Lipinski definition) is 0. The number of likely N-dealkylation sites (tertiary alicyclic amines) is 1. The summed E-state index contributed by atoms with van der Waals surface area (Å²) in [5.74, 6) is 0.234. The third kappa shape index (κ3) is 3.90. The van der Waals surface area contributed by atoms with Gasteiger partial charge in [0.2, 0.25) is 0 Å². The average molecular weight is 275 g/mol. The normalized spacial score (nSPS) is 17.4. The van der Waals surface area contributed by atoms with Gasteiger partial charge in [-0.3, -0.25) is 9.69 Å². The predicted molar refractivity (Wildman–Crippen MR) is 81.3 cm³/mol. The summed E-state index contributed by atoms with van der Waals surface area (Å²) in [7, 11) is 0. The van der Waals surface area contributed by atoms with E-state index in [0.29, 0.717) is 12.6 Å². The molecular formula is C17H25NO2. The van der Waals surface area contributed by atoms with Gasteiger partial charge in [0.1, 0.15) is 0 Å². The van der Waals surface area contributed by atoms with Crippen molar-refractivity contribution in [1.82, 2.24) is 4.90 Å². The van der Waals surface area contributed by atoms with Gasteiger partial charge in [-0.2, -0.15) is 0 Å². The summed E-state index contributed by atoms with van der Waals surface area (Å²) in [6, 6.07) is 6.05. The number of ketones is 1. The maximum absolute atomic E-state index is 12.4. The van der Waals surface area contributed by atoms with Crippen molar-refractivity contribution >= 4 is 5.78 Å². The van der Waals surface area contributed by atoms with E-state index in [1.165, 1.54) is 5.56 Å². The van der Waals surface area contributed by atoms with Crippen molar-refractivity contribution in [3.05, 3.63) is 34.9 Å². The van der Waals surface area contributed by atoms with Crippen LogP contribution in [0.4, 0.5) is 0 Å². The van der Waals surface area contributed by atoms with E-state index in [-0.39, 0.29) is 5.78 Å². The molecule has 1 saturated heterocycles. The smallest absolute Gasteiger partial charge is 0.177 e. The van der Waals surface area contributed by atoms with Crippen LogP contribution in [0.15, 0.2) is 18.2 Å². The Morgan fingerprint density at radius 2 is 2.00 bits per heavy atom. The number of aryl methyl sites for hydroxylation is 2.